The highest BCUT2D eigenvalue weighted by Crippen LogP contribution is 2.19. The molecule has 2 amide bonds. The number of nitrogens with zero attached hydrogens (tertiary/aromatic N) is 1. The summed E-state index contributed by atoms with van der Waals surface area (Å²) in [6.07, 6.45) is 3.28. The third-order valence-corrected chi connectivity index (χ3v) is 4.66. The van der Waals surface area contributed by atoms with Gasteiger partial charge in [0.2, 0.25) is 5.91 Å². The van der Waals surface area contributed by atoms with Crippen molar-refractivity contribution in [3.05, 3.63) is 0 Å². The molecule has 8 nitrogen and oxygen atoms in total. The molecular weight excluding hydrogens is 358 g/mol. The molecule has 1 aliphatic rings. The lowest BCUT2D eigenvalue weighted by Crippen LogP contribution is -2.51. The molecule has 0 aliphatic heterocycles. The number of hydrogen-bond donors (Lipinski definition) is 4. The Morgan fingerprint density at radius 3 is 1.96 bits per heavy atom. The molecule has 0 bridgehead atoms. The molecule has 8 heteroatoms. The van der Waals surface area contributed by atoms with Crippen molar-refractivity contribution >= 4 is 18.0 Å². The van der Waals surface area contributed by atoms with Gasteiger partial charge in [0.25, 0.3) is 0 Å². The smallest absolute Gasteiger partial charge is 0.407 e. The quantitative estimate of drug-likeness (QED) is 0.406. The van der Waals surface area contributed by atoms with Crippen LogP contribution in [0.25, 0.3) is 0 Å². The fraction of sp³-hybridized carbons (Fsp3) is 0.850. The van der Waals surface area contributed by atoms with Crippen LogP contribution in [0.1, 0.15) is 67.2 Å². The Morgan fingerprint density at radius 1 is 0.964 bits per heavy atom. The zero-order valence-electron chi connectivity index (χ0n) is 18.6. The van der Waals surface area contributed by atoms with Gasteiger partial charge in [-0.2, -0.15) is 0 Å². The van der Waals surface area contributed by atoms with E-state index in [2.05, 4.69) is 26.3 Å². The number of aliphatic imine (C=N–C) groups is 1. The monoisotopic (exact) mass is 397 g/mol. The van der Waals surface area contributed by atoms with Gasteiger partial charge in [-0.05, 0) is 67.2 Å². The molecule has 0 unspecified atom stereocenters. The number of nitrogens with one attached hydrogen (secondary N) is 4. The van der Waals surface area contributed by atoms with Crippen LogP contribution in [0.5, 0.6) is 0 Å². The van der Waals surface area contributed by atoms with E-state index in [0.29, 0.717) is 19.0 Å². The molecule has 162 valence electrons. The summed E-state index contributed by atoms with van der Waals surface area (Å²) in [4.78, 5) is 28.3. The van der Waals surface area contributed by atoms with Crippen molar-refractivity contribution in [3.8, 4) is 0 Å². The minimum atomic E-state index is -0.525. The topological polar surface area (TPSA) is 104 Å². The van der Waals surface area contributed by atoms with E-state index in [0.717, 1.165) is 25.7 Å². The molecule has 0 saturated heterocycles. The zero-order valence-corrected chi connectivity index (χ0v) is 18.6. The third kappa shape index (κ3) is 8.80. The fourth-order valence-corrected chi connectivity index (χ4v) is 3.03. The van der Waals surface area contributed by atoms with Crippen LogP contribution in [0.15, 0.2) is 4.99 Å². The van der Waals surface area contributed by atoms with Gasteiger partial charge < -0.3 is 26.0 Å². The number of carbonyl (C=O) groups is 2. The van der Waals surface area contributed by atoms with Crippen LogP contribution in [-0.2, 0) is 9.53 Å². The molecule has 1 rings (SSSR count). The van der Waals surface area contributed by atoms with Gasteiger partial charge in [0.15, 0.2) is 5.96 Å². The van der Waals surface area contributed by atoms with E-state index < -0.39 is 11.0 Å². The molecule has 1 saturated carbocycles. The largest absolute Gasteiger partial charge is 0.444 e. The summed E-state index contributed by atoms with van der Waals surface area (Å²) < 4.78 is 5.32. The lowest BCUT2D eigenvalue weighted by molar-refractivity contribution is -0.128. The van der Waals surface area contributed by atoms with Gasteiger partial charge in [-0.3, -0.25) is 9.79 Å². The second-order valence-corrected chi connectivity index (χ2v) is 9.01. The van der Waals surface area contributed by atoms with Crippen LogP contribution in [-0.4, -0.2) is 55.8 Å². The maximum atomic E-state index is 12.1. The maximum absolute atomic E-state index is 12.1. The van der Waals surface area contributed by atoms with Crippen LogP contribution in [0, 0.1) is 5.41 Å². The lowest BCUT2D eigenvalue weighted by atomic mass is 9.91. The highest BCUT2D eigenvalue weighted by atomic mass is 16.6. The average Bonchev–Trinajstić information content (AvgIpc) is 2.58. The van der Waals surface area contributed by atoms with Crippen molar-refractivity contribution in [2.45, 2.75) is 84.9 Å². The van der Waals surface area contributed by atoms with Crippen molar-refractivity contribution < 1.29 is 14.3 Å². The van der Waals surface area contributed by atoms with Crippen LogP contribution in [0.2, 0.25) is 0 Å². The highest BCUT2D eigenvalue weighted by Gasteiger charge is 2.28. The van der Waals surface area contributed by atoms with Crippen LogP contribution in [0.4, 0.5) is 4.79 Å². The van der Waals surface area contributed by atoms with E-state index in [1.165, 1.54) is 0 Å². The second-order valence-electron chi connectivity index (χ2n) is 9.01. The second kappa shape index (κ2) is 10.5. The van der Waals surface area contributed by atoms with Gasteiger partial charge in [0, 0.05) is 32.2 Å². The molecule has 0 aromatic rings. The Morgan fingerprint density at radius 2 is 1.50 bits per heavy atom. The molecule has 0 spiro atoms. The molecule has 1 fully saturated rings. The van der Waals surface area contributed by atoms with E-state index in [4.69, 9.17) is 4.74 Å². The molecule has 1 aliphatic carbocycles. The van der Waals surface area contributed by atoms with E-state index in [1.54, 1.807) is 7.05 Å². The van der Waals surface area contributed by atoms with Crippen LogP contribution in [0.3, 0.4) is 0 Å². The minimum Gasteiger partial charge on any atom is -0.444 e. The summed E-state index contributed by atoms with van der Waals surface area (Å²) in [6.45, 7) is 12.4. The van der Waals surface area contributed by atoms with Crippen molar-refractivity contribution in [2.24, 2.45) is 10.4 Å². The summed E-state index contributed by atoms with van der Waals surface area (Å²) >= 11 is 0. The Hall–Kier alpha value is -1.99. The highest BCUT2D eigenvalue weighted by molar-refractivity contribution is 5.84. The Balaban J connectivity index is 2.40. The molecule has 4 N–H and O–H groups in total. The molecule has 0 radical (unpaired) electrons. The molecule has 28 heavy (non-hydrogen) atoms. The molecular formula is C20H39N5O3. The summed E-state index contributed by atoms with van der Waals surface area (Å²) in [5.74, 6) is 0.715. The first kappa shape index (κ1) is 24.0. The van der Waals surface area contributed by atoms with Gasteiger partial charge in [-0.1, -0.05) is 0 Å². The molecule has 0 aromatic heterocycles. The van der Waals surface area contributed by atoms with E-state index in [1.807, 2.05) is 41.5 Å². The van der Waals surface area contributed by atoms with Gasteiger partial charge in [-0.25, -0.2) is 4.79 Å². The van der Waals surface area contributed by atoms with E-state index >= 15 is 0 Å². The van der Waals surface area contributed by atoms with Gasteiger partial charge in [-0.15, -0.1) is 0 Å². The predicted molar refractivity (Wildman–Crippen MR) is 112 cm³/mol. The normalized spacial score (nSPS) is 20.9. The number of ether oxygens (including phenoxy) is 1. The minimum absolute atomic E-state index is 0.0201. The van der Waals surface area contributed by atoms with E-state index in [-0.39, 0.29) is 24.1 Å². The fourth-order valence-electron chi connectivity index (χ4n) is 3.03. The van der Waals surface area contributed by atoms with Gasteiger partial charge in [0.1, 0.15) is 5.60 Å². The van der Waals surface area contributed by atoms with Crippen LogP contribution >= 0.6 is 0 Å². The number of carbonyl (C=O) groups excluding carboxylic acids is 2. The number of rotatable bonds is 6. The number of alkyl carbamates (subject to hydrolysis) is 1. The summed E-state index contributed by atoms with van der Waals surface area (Å²) in [6, 6.07) is 0.426. The Kier molecular flexibility index (Phi) is 9.04. The molecule has 0 aromatic carbocycles. The van der Waals surface area contributed by atoms with Gasteiger partial charge >= 0.3 is 6.09 Å². The number of amides is 2. The first-order chi connectivity index (χ1) is 13.0. The average molecular weight is 398 g/mol. The van der Waals surface area contributed by atoms with Crippen molar-refractivity contribution in [1.82, 2.24) is 21.3 Å². The standard InChI is InChI=1S/C20H39N5O3/c1-8-22-16(26)20(5,6)13-23-17(21-7)24-14-9-11-15(12-10-14)25-18(27)28-19(2,3)4/h14-15H,8-13H2,1-7H3,(H,22,26)(H,25,27)(H2,21,23,24). The first-order valence-corrected chi connectivity index (χ1v) is 10.2. The van der Waals surface area contributed by atoms with Crippen LogP contribution < -0.4 is 21.3 Å². The third-order valence-electron chi connectivity index (χ3n) is 4.66. The first-order valence-electron chi connectivity index (χ1n) is 10.2. The molecule has 0 atom stereocenters. The Bertz CT molecular complexity index is 547. The lowest BCUT2D eigenvalue weighted by Gasteiger charge is -2.32. The molecule has 0 heterocycles. The van der Waals surface area contributed by atoms with Crippen molar-refractivity contribution in [1.29, 1.82) is 0 Å². The number of guanidine groups is 1. The van der Waals surface area contributed by atoms with Gasteiger partial charge in [0.05, 0.1) is 5.41 Å². The van der Waals surface area contributed by atoms with Crippen molar-refractivity contribution in [2.75, 3.05) is 20.1 Å². The maximum Gasteiger partial charge on any atom is 0.407 e. The Labute approximate surface area is 169 Å². The summed E-state index contributed by atoms with van der Waals surface area (Å²) in [5, 5.41) is 12.5. The summed E-state index contributed by atoms with van der Waals surface area (Å²) in [5.41, 5.74) is -1.01. The predicted octanol–water partition coefficient (Wildman–Crippen LogP) is 2.15. The SMILES string of the molecule is CCNC(=O)C(C)(C)CNC(=NC)NC1CCC(NC(=O)OC(C)(C)C)CC1. The summed E-state index contributed by atoms with van der Waals surface area (Å²) in [7, 11) is 1.73. The zero-order chi connectivity index (χ0) is 21.4. The van der Waals surface area contributed by atoms with Crippen molar-refractivity contribution in [3.63, 3.8) is 0 Å². The number of hydrogen-bond acceptors (Lipinski definition) is 4. The van der Waals surface area contributed by atoms with E-state index in [9.17, 15) is 9.59 Å².